The summed E-state index contributed by atoms with van der Waals surface area (Å²) in [7, 11) is -2.01. The van der Waals surface area contributed by atoms with Crippen molar-refractivity contribution in [3.8, 4) is 11.1 Å². The molecule has 2 aromatic rings. The molecule has 1 saturated carbocycles. The van der Waals surface area contributed by atoms with E-state index in [4.69, 9.17) is 0 Å². The lowest BCUT2D eigenvalue weighted by atomic mass is 9.83. The summed E-state index contributed by atoms with van der Waals surface area (Å²) < 4.78 is 26.7. The predicted octanol–water partition coefficient (Wildman–Crippen LogP) is 3.78. The van der Waals surface area contributed by atoms with Crippen LogP contribution in [0.3, 0.4) is 0 Å². The summed E-state index contributed by atoms with van der Waals surface area (Å²) in [5.74, 6) is 0.695. The molecule has 1 aliphatic rings. The highest BCUT2D eigenvalue weighted by Crippen LogP contribution is 2.32. The van der Waals surface area contributed by atoms with Crippen LogP contribution in [0.1, 0.15) is 37.7 Å². The first kappa shape index (κ1) is 17.1. The van der Waals surface area contributed by atoms with Gasteiger partial charge in [-0.05, 0) is 48.7 Å². The van der Waals surface area contributed by atoms with Crippen molar-refractivity contribution < 1.29 is 8.42 Å². The smallest absolute Gasteiger partial charge is 0.240 e. The first-order valence-corrected chi connectivity index (χ1v) is 10.1. The van der Waals surface area contributed by atoms with Crippen LogP contribution in [0.5, 0.6) is 0 Å². The second-order valence-corrected chi connectivity index (χ2v) is 8.36. The Bertz CT molecular complexity index is 782. The first-order valence-electron chi connectivity index (χ1n) is 8.57. The summed E-state index contributed by atoms with van der Waals surface area (Å²) in [5, 5.41) is 0. The molecule has 0 saturated heterocycles. The maximum Gasteiger partial charge on any atom is 0.240 e. The third kappa shape index (κ3) is 3.84. The normalized spacial score (nSPS) is 16.2. The van der Waals surface area contributed by atoms with Gasteiger partial charge in [-0.2, -0.15) is 0 Å². The van der Waals surface area contributed by atoms with Gasteiger partial charge in [-0.1, -0.05) is 44.2 Å². The zero-order valence-electron chi connectivity index (χ0n) is 14.0. The highest BCUT2D eigenvalue weighted by atomic mass is 32.2. The average Bonchev–Trinajstić information content (AvgIpc) is 2.63. The molecule has 0 atom stereocenters. The van der Waals surface area contributed by atoms with Gasteiger partial charge in [-0.3, -0.25) is 4.98 Å². The maximum absolute atomic E-state index is 12.2. The van der Waals surface area contributed by atoms with E-state index in [1.165, 1.54) is 44.7 Å². The summed E-state index contributed by atoms with van der Waals surface area (Å²) in [6.07, 6.45) is 11.0. The van der Waals surface area contributed by atoms with Gasteiger partial charge in [0.05, 0.1) is 4.90 Å². The first-order chi connectivity index (χ1) is 11.6. The number of benzene rings is 1. The molecular weight excluding hydrogens is 320 g/mol. The molecule has 24 heavy (non-hydrogen) atoms. The number of nitrogens with zero attached hydrogens (tertiary/aromatic N) is 1. The molecule has 4 nitrogen and oxygen atoms in total. The van der Waals surface area contributed by atoms with Crippen molar-refractivity contribution >= 4 is 10.0 Å². The lowest BCUT2D eigenvalue weighted by Crippen LogP contribution is -2.19. The maximum atomic E-state index is 12.2. The Kier molecular flexibility index (Phi) is 5.31. The number of hydrogen-bond acceptors (Lipinski definition) is 3. The quantitative estimate of drug-likeness (QED) is 0.898. The molecule has 1 aromatic heterocycles. The van der Waals surface area contributed by atoms with Crippen molar-refractivity contribution in [1.29, 1.82) is 0 Å². The van der Waals surface area contributed by atoms with E-state index in [1.54, 1.807) is 24.5 Å². The molecule has 3 rings (SSSR count). The Balaban J connectivity index is 2.01. The van der Waals surface area contributed by atoms with E-state index in [0.29, 0.717) is 10.8 Å². The lowest BCUT2D eigenvalue weighted by molar-refractivity contribution is 0.357. The molecule has 128 valence electrons. The Labute approximate surface area is 144 Å². The van der Waals surface area contributed by atoms with Crippen molar-refractivity contribution in [1.82, 2.24) is 9.71 Å². The minimum Gasteiger partial charge on any atom is -0.264 e. The van der Waals surface area contributed by atoms with Crippen LogP contribution in [0, 0.1) is 5.92 Å². The molecule has 1 N–H and O–H groups in total. The van der Waals surface area contributed by atoms with Gasteiger partial charge in [-0.15, -0.1) is 0 Å². The number of rotatable bonds is 5. The number of sulfonamides is 1. The van der Waals surface area contributed by atoms with Crippen LogP contribution in [-0.2, 0) is 16.4 Å². The van der Waals surface area contributed by atoms with Crippen LogP contribution in [0.25, 0.3) is 11.1 Å². The zero-order valence-corrected chi connectivity index (χ0v) is 14.8. The van der Waals surface area contributed by atoms with Gasteiger partial charge in [0.2, 0.25) is 10.0 Å². The third-order valence-electron chi connectivity index (χ3n) is 4.87. The fourth-order valence-electron chi connectivity index (χ4n) is 3.51. The second-order valence-electron chi connectivity index (χ2n) is 6.48. The van der Waals surface area contributed by atoms with E-state index in [0.717, 1.165) is 17.5 Å². The summed E-state index contributed by atoms with van der Waals surface area (Å²) in [5.41, 5.74) is 3.16. The largest absolute Gasteiger partial charge is 0.264 e. The third-order valence-corrected chi connectivity index (χ3v) is 6.28. The van der Waals surface area contributed by atoms with E-state index in [2.05, 4.69) is 9.71 Å². The fourth-order valence-corrected chi connectivity index (χ4v) is 4.27. The molecule has 0 bridgehead atoms. The molecule has 0 aliphatic heterocycles. The zero-order chi connectivity index (χ0) is 17.0. The lowest BCUT2D eigenvalue weighted by Gasteiger charge is -2.23. The van der Waals surface area contributed by atoms with Crippen molar-refractivity contribution in [2.75, 3.05) is 7.05 Å². The van der Waals surface area contributed by atoms with Gasteiger partial charge < -0.3 is 0 Å². The summed E-state index contributed by atoms with van der Waals surface area (Å²) in [6.45, 7) is 0. The summed E-state index contributed by atoms with van der Waals surface area (Å²) >= 11 is 0. The standard InChI is InChI=1S/C19H24N2O2S/c1-20-24(22,23)18-10-9-16(12-15-6-3-2-4-7-15)19(13-18)17-8-5-11-21-14-17/h5,8-11,13-15,20H,2-4,6-7,12H2,1H3. The molecule has 0 radical (unpaired) electrons. The van der Waals surface area contributed by atoms with E-state index in [-0.39, 0.29) is 0 Å². The molecule has 1 fully saturated rings. The molecule has 1 aliphatic carbocycles. The summed E-state index contributed by atoms with van der Waals surface area (Å²) in [6, 6.07) is 9.34. The van der Waals surface area contributed by atoms with Crippen molar-refractivity contribution in [3.05, 3.63) is 48.3 Å². The van der Waals surface area contributed by atoms with E-state index >= 15 is 0 Å². The van der Waals surface area contributed by atoms with Crippen LogP contribution < -0.4 is 4.72 Å². The molecule has 0 spiro atoms. The highest BCUT2D eigenvalue weighted by molar-refractivity contribution is 7.89. The van der Waals surface area contributed by atoms with E-state index in [9.17, 15) is 8.42 Å². The SMILES string of the molecule is CNS(=O)(=O)c1ccc(CC2CCCCC2)c(-c2cccnc2)c1. The molecule has 5 heteroatoms. The minimum atomic E-state index is -3.45. The average molecular weight is 344 g/mol. The van der Waals surface area contributed by atoms with Crippen molar-refractivity contribution in [2.45, 2.75) is 43.4 Å². The van der Waals surface area contributed by atoms with Crippen LogP contribution in [-0.4, -0.2) is 20.4 Å². The molecule has 1 heterocycles. The Morgan fingerprint density at radius 3 is 2.62 bits per heavy atom. The Morgan fingerprint density at radius 2 is 1.96 bits per heavy atom. The van der Waals surface area contributed by atoms with Gasteiger partial charge in [0, 0.05) is 18.0 Å². The van der Waals surface area contributed by atoms with Crippen LogP contribution >= 0.6 is 0 Å². The topological polar surface area (TPSA) is 59.1 Å². The van der Waals surface area contributed by atoms with E-state index in [1.807, 2.05) is 18.2 Å². The monoisotopic (exact) mass is 344 g/mol. The number of aromatic nitrogens is 1. The highest BCUT2D eigenvalue weighted by Gasteiger charge is 2.19. The van der Waals surface area contributed by atoms with Gasteiger partial charge in [0.1, 0.15) is 0 Å². The van der Waals surface area contributed by atoms with Crippen molar-refractivity contribution in [3.63, 3.8) is 0 Å². The van der Waals surface area contributed by atoms with Gasteiger partial charge in [-0.25, -0.2) is 13.1 Å². The molecular formula is C19H24N2O2S. The van der Waals surface area contributed by atoms with Crippen LogP contribution in [0.15, 0.2) is 47.6 Å². The number of pyridine rings is 1. The number of hydrogen-bond donors (Lipinski definition) is 1. The minimum absolute atomic E-state index is 0.302. The number of nitrogens with one attached hydrogen (secondary N) is 1. The predicted molar refractivity (Wildman–Crippen MR) is 96.2 cm³/mol. The molecule has 0 unspecified atom stereocenters. The van der Waals surface area contributed by atoms with Gasteiger partial charge >= 0.3 is 0 Å². The van der Waals surface area contributed by atoms with Crippen molar-refractivity contribution in [2.24, 2.45) is 5.92 Å². The van der Waals surface area contributed by atoms with E-state index < -0.39 is 10.0 Å². The molecule has 1 aromatic carbocycles. The fraction of sp³-hybridized carbons (Fsp3) is 0.421. The van der Waals surface area contributed by atoms with Crippen LogP contribution in [0.2, 0.25) is 0 Å². The summed E-state index contributed by atoms with van der Waals surface area (Å²) in [4.78, 5) is 4.50. The molecule has 0 amide bonds. The Hall–Kier alpha value is -1.72. The van der Waals surface area contributed by atoms with Crippen LogP contribution in [0.4, 0.5) is 0 Å². The Morgan fingerprint density at radius 1 is 1.17 bits per heavy atom. The van der Waals surface area contributed by atoms with Gasteiger partial charge in [0.15, 0.2) is 0 Å². The van der Waals surface area contributed by atoms with Gasteiger partial charge in [0.25, 0.3) is 0 Å². The second kappa shape index (κ2) is 7.45.